The van der Waals surface area contributed by atoms with Crippen molar-refractivity contribution in [3.8, 4) is 0 Å². The smallest absolute Gasteiger partial charge is 0.338 e. The fourth-order valence-corrected chi connectivity index (χ4v) is 16.1. The third-order valence-corrected chi connectivity index (χ3v) is 18.6. The van der Waals surface area contributed by atoms with Gasteiger partial charge in [-0.2, -0.15) is 0 Å². The van der Waals surface area contributed by atoms with Crippen LogP contribution in [0.5, 0.6) is 0 Å². The minimum atomic E-state index is -3.28. The second kappa shape index (κ2) is 17.3. The molecular formula is C52H58O11Si. The van der Waals surface area contributed by atoms with Crippen molar-refractivity contribution in [2.24, 2.45) is 16.7 Å². The predicted molar refractivity (Wildman–Crippen MR) is 240 cm³/mol. The molecule has 4 aromatic carbocycles. The lowest BCUT2D eigenvalue weighted by atomic mass is 9.44. The van der Waals surface area contributed by atoms with Crippen LogP contribution in [0.25, 0.3) is 0 Å². The highest BCUT2D eigenvalue weighted by Gasteiger charge is 2.79. The number of rotatable bonds is 12. The molecule has 0 spiro atoms. The first-order valence-corrected chi connectivity index (χ1v) is 24.7. The Bertz CT molecular complexity index is 2310. The van der Waals surface area contributed by atoms with Crippen molar-refractivity contribution in [3.63, 3.8) is 0 Å². The summed E-state index contributed by atoms with van der Waals surface area (Å²) in [6.07, 6.45) is -6.72. The zero-order valence-electron chi connectivity index (χ0n) is 37.3. The Kier molecular flexibility index (Phi) is 12.2. The average Bonchev–Trinajstić information content (AvgIpc) is 3.25. The van der Waals surface area contributed by atoms with Crippen molar-refractivity contribution in [1.82, 2.24) is 0 Å². The lowest BCUT2D eigenvalue weighted by molar-refractivity contribution is -0.344. The molecule has 9 atom stereocenters. The number of fused-ring (bicyclic) bond motifs is 5. The maximum absolute atomic E-state index is 16.5. The summed E-state index contributed by atoms with van der Waals surface area (Å²) in [5.74, 6) is -4.15. The van der Waals surface area contributed by atoms with Gasteiger partial charge in [0.05, 0.1) is 35.7 Å². The third kappa shape index (κ3) is 7.87. The second-order valence-corrected chi connectivity index (χ2v) is 22.7. The van der Waals surface area contributed by atoms with Gasteiger partial charge < -0.3 is 33.6 Å². The standard InChI is InChI=1S/C52H58O11Si/c1-33-40(55)28-52(58)47(61-48(57)39-25-17-10-18-26-39)45-50(6,46(56)44(60-34(2)53)43(33)49(52,4)5)41(27-42-51(45,32-59-42)62-35(3)54)63-64(29-36-19-11-7-12-20-36,30-37-21-13-8-14-22-37)31-38-23-15-9-16-24-38/h7-26,40-42,44-45,47,55,58H,27-32H2,1-6H3/t40-,41-,42+,44+,45?,47-,50+,51-,52+/m0/s1. The maximum atomic E-state index is 16.5. The van der Waals surface area contributed by atoms with E-state index in [0.717, 1.165) is 16.7 Å². The number of esters is 3. The summed E-state index contributed by atoms with van der Waals surface area (Å²) in [5.41, 5.74) is -3.19. The summed E-state index contributed by atoms with van der Waals surface area (Å²) >= 11 is 0. The molecule has 8 rings (SSSR count). The largest absolute Gasteiger partial charge is 0.455 e. The molecule has 1 saturated heterocycles. The quantitative estimate of drug-likeness (QED) is 0.0657. The maximum Gasteiger partial charge on any atom is 0.338 e. The average molecular weight is 887 g/mol. The first kappa shape index (κ1) is 45.3. The van der Waals surface area contributed by atoms with Crippen LogP contribution in [-0.2, 0) is 55.9 Å². The van der Waals surface area contributed by atoms with Gasteiger partial charge in [-0.05, 0) is 71.9 Å². The molecule has 4 aromatic rings. The van der Waals surface area contributed by atoms with E-state index < -0.39 is 90.5 Å². The molecule has 3 aliphatic carbocycles. The molecule has 336 valence electrons. The van der Waals surface area contributed by atoms with E-state index in [1.54, 1.807) is 58.0 Å². The van der Waals surface area contributed by atoms with E-state index >= 15 is 4.79 Å². The van der Waals surface area contributed by atoms with Crippen molar-refractivity contribution in [2.75, 3.05) is 6.61 Å². The van der Waals surface area contributed by atoms with Crippen LogP contribution in [0.3, 0.4) is 0 Å². The summed E-state index contributed by atoms with van der Waals surface area (Å²) in [5, 5.41) is 25.6. The molecule has 2 bridgehead atoms. The van der Waals surface area contributed by atoms with Crippen LogP contribution in [0.15, 0.2) is 132 Å². The number of ether oxygens (including phenoxy) is 4. The van der Waals surface area contributed by atoms with Gasteiger partial charge in [0.25, 0.3) is 0 Å². The summed E-state index contributed by atoms with van der Waals surface area (Å²) < 4.78 is 33.5. The van der Waals surface area contributed by atoms with Crippen molar-refractivity contribution in [3.05, 3.63) is 155 Å². The van der Waals surface area contributed by atoms with Gasteiger partial charge in [0.2, 0.25) is 8.32 Å². The number of aliphatic hydroxyl groups excluding tert-OH is 1. The van der Waals surface area contributed by atoms with Gasteiger partial charge in [-0.3, -0.25) is 14.4 Å². The molecule has 4 aliphatic rings. The van der Waals surface area contributed by atoms with E-state index in [1.807, 2.05) is 54.6 Å². The number of benzene rings is 4. The topological polar surface area (TPSA) is 155 Å². The van der Waals surface area contributed by atoms with Crippen molar-refractivity contribution >= 4 is 32.0 Å². The summed E-state index contributed by atoms with van der Waals surface area (Å²) in [4.78, 5) is 57.7. The zero-order valence-corrected chi connectivity index (χ0v) is 38.3. The number of aliphatic hydroxyl groups is 2. The third-order valence-electron chi connectivity index (χ3n) is 14.7. The van der Waals surface area contributed by atoms with Crippen LogP contribution in [0.2, 0.25) is 0 Å². The first-order chi connectivity index (χ1) is 30.4. The summed E-state index contributed by atoms with van der Waals surface area (Å²) in [7, 11) is -3.28. The number of carbonyl (C=O) groups excluding carboxylic acids is 4. The fourth-order valence-electron chi connectivity index (χ4n) is 11.6. The van der Waals surface area contributed by atoms with Crippen molar-refractivity contribution in [2.45, 2.75) is 114 Å². The van der Waals surface area contributed by atoms with Crippen LogP contribution >= 0.6 is 0 Å². The van der Waals surface area contributed by atoms with Gasteiger partial charge in [0, 0.05) is 32.1 Å². The van der Waals surface area contributed by atoms with Gasteiger partial charge in [0.1, 0.15) is 17.8 Å². The van der Waals surface area contributed by atoms with E-state index in [-0.39, 0.29) is 30.6 Å². The van der Waals surface area contributed by atoms with E-state index in [0.29, 0.717) is 23.7 Å². The number of hydrogen-bond acceptors (Lipinski definition) is 11. The zero-order chi connectivity index (χ0) is 45.7. The molecular weight excluding hydrogens is 829 g/mol. The molecule has 11 nitrogen and oxygen atoms in total. The van der Waals surface area contributed by atoms with Gasteiger partial charge >= 0.3 is 17.9 Å². The SMILES string of the molecule is CC(=O)O[C@H]1C(=O)[C@@]2(C)C([C@H](OC(=O)c3ccccc3)[C@]3(O)C[C@H](O)C(C)=C1C3(C)C)[C@]1(OC(C)=O)CO[C@@H]1C[C@@H]2O[Si](Cc1ccccc1)(Cc1ccccc1)Cc1ccccc1. The highest BCUT2D eigenvalue weighted by molar-refractivity contribution is 6.72. The Morgan fingerprint density at radius 1 is 0.750 bits per heavy atom. The first-order valence-electron chi connectivity index (χ1n) is 22.1. The number of Topliss-reactive ketones (excluding diaryl/α,β-unsaturated/α-hetero) is 1. The van der Waals surface area contributed by atoms with E-state index in [9.17, 15) is 24.6 Å². The van der Waals surface area contributed by atoms with Gasteiger partial charge in [-0.25, -0.2) is 4.79 Å². The number of hydrogen-bond donors (Lipinski definition) is 2. The Hall–Kier alpha value is -5.24. The molecule has 64 heavy (non-hydrogen) atoms. The number of ketones is 1. The molecule has 2 N–H and O–H groups in total. The summed E-state index contributed by atoms with van der Waals surface area (Å²) in [6.45, 7) is 9.10. The normalized spacial score (nSPS) is 30.7. The second-order valence-electron chi connectivity index (χ2n) is 19.0. The minimum Gasteiger partial charge on any atom is -0.455 e. The van der Waals surface area contributed by atoms with Gasteiger partial charge in [0.15, 0.2) is 17.5 Å². The van der Waals surface area contributed by atoms with Crippen molar-refractivity contribution < 1.29 is 52.8 Å². The summed E-state index contributed by atoms with van der Waals surface area (Å²) in [6, 6.07) is 40.2. The van der Waals surface area contributed by atoms with Gasteiger partial charge in [-0.1, -0.05) is 123 Å². The minimum absolute atomic E-state index is 0.0771. The van der Waals surface area contributed by atoms with Crippen LogP contribution in [-0.4, -0.2) is 90.6 Å². The Labute approximate surface area is 375 Å². The van der Waals surface area contributed by atoms with Gasteiger partial charge in [-0.15, -0.1) is 0 Å². The lowest BCUT2D eigenvalue weighted by Crippen LogP contribution is -2.82. The monoisotopic (exact) mass is 886 g/mol. The molecule has 3 fully saturated rings. The molecule has 0 aromatic heterocycles. The molecule has 1 aliphatic heterocycles. The fraction of sp³-hybridized carbons (Fsp3) is 0.423. The Morgan fingerprint density at radius 2 is 1.25 bits per heavy atom. The predicted octanol–water partition coefficient (Wildman–Crippen LogP) is 6.97. The number of carbonyl (C=O) groups is 4. The van der Waals surface area contributed by atoms with Crippen LogP contribution in [0.1, 0.15) is 81.4 Å². The highest BCUT2D eigenvalue weighted by Crippen LogP contribution is 2.65. The lowest BCUT2D eigenvalue weighted by Gasteiger charge is -2.68. The van der Waals surface area contributed by atoms with Crippen LogP contribution in [0, 0.1) is 16.7 Å². The van der Waals surface area contributed by atoms with E-state index in [2.05, 4.69) is 36.4 Å². The molecule has 0 radical (unpaired) electrons. The highest BCUT2D eigenvalue weighted by atomic mass is 28.4. The Morgan fingerprint density at radius 3 is 1.70 bits per heavy atom. The molecule has 1 heterocycles. The molecule has 2 saturated carbocycles. The molecule has 1 unspecified atom stereocenters. The van der Waals surface area contributed by atoms with Crippen LogP contribution < -0.4 is 0 Å². The van der Waals surface area contributed by atoms with Crippen LogP contribution in [0.4, 0.5) is 0 Å². The molecule has 0 amide bonds. The van der Waals surface area contributed by atoms with Crippen molar-refractivity contribution in [1.29, 1.82) is 0 Å². The Balaban J connectivity index is 1.41. The molecule has 12 heteroatoms. The van der Waals surface area contributed by atoms with E-state index in [4.69, 9.17) is 23.4 Å². The van der Waals surface area contributed by atoms with E-state index in [1.165, 1.54) is 13.8 Å².